The van der Waals surface area contributed by atoms with Crippen molar-refractivity contribution in [2.75, 3.05) is 11.4 Å². The summed E-state index contributed by atoms with van der Waals surface area (Å²) in [6, 6.07) is 12.1. The minimum absolute atomic E-state index is 0.0295. The van der Waals surface area contributed by atoms with Gasteiger partial charge in [-0.3, -0.25) is 19.5 Å². The Hall–Kier alpha value is -2.17. The van der Waals surface area contributed by atoms with Crippen LogP contribution in [0.4, 0.5) is 5.69 Å². The summed E-state index contributed by atoms with van der Waals surface area (Å²) in [6.45, 7) is 5.47. The van der Waals surface area contributed by atoms with E-state index in [2.05, 4.69) is 4.99 Å². The molecule has 140 valence electrons. The van der Waals surface area contributed by atoms with Gasteiger partial charge in [-0.25, -0.2) is 0 Å². The molecule has 6 heteroatoms. The third kappa shape index (κ3) is 4.07. The number of hydrogen-bond donors (Lipinski definition) is 0. The SMILES string of the molecule is CC(C)(C)C(=O)CN1C(=O)C=NC(c2ccccc2Cl)c2cc(Cl)ccc21. The molecule has 0 N–H and O–H groups in total. The van der Waals surface area contributed by atoms with E-state index in [1.54, 1.807) is 24.3 Å². The molecule has 0 saturated carbocycles. The fourth-order valence-corrected chi connectivity index (χ4v) is 3.31. The van der Waals surface area contributed by atoms with E-state index in [1.165, 1.54) is 11.1 Å². The van der Waals surface area contributed by atoms with Crippen LogP contribution in [-0.4, -0.2) is 24.4 Å². The van der Waals surface area contributed by atoms with Gasteiger partial charge in [-0.2, -0.15) is 0 Å². The number of ketones is 1. The van der Waals surface area contributed by atoms with Gasteiger partial charge in [0.05, 0.1) is 18.4 Å². The second kappa shape index (κ2) is 7.45. The smallest absolute Gasteiger partial charge is 0.269 e. The maximum Gasteiger partial charge on any atom is 0.269 e. The fourth-order valence-electron chi connectivity index (χ4n) is 2.89. The van der Waals surface area contributed by atoms with E-state index in [0.717, 1.165) is 11.1 Å². The van der Waals surface area contributed by atoms with Crippen molar-refractivity contribution < 1.29 is 9.59 Å². The molecule has 0 aliphatic carbocycles. The Labute approximate surface area is 168 Å². The van der Waals surface area contributed by atoms with Crippen LogP contribution in [0.1, 0.15) is 37.9 Å². The number of rotatable bonds is 3. The first kappa shape index (κ1) is 19.6. The zero-order valence-corrected chi connectivity index (χ0v) is 16.9. The molecule has 0 radical (unpaired) electrons. The summed E-state index contributed by atoms with van der Waals surface area (Å²) in [5, 5.41) is 1.08. The maximum atomic E-state index is 12.7. The summed E-state index contributed by atoms with van der Waals surface area (Å²) in [5.74, 6) is -0.382. The number of benzene rings is 2. The van der Waals surface area contributed by atoms with Crippen LogP contribution in [-0.2, 0) is 9.59 Å². The quantitative estimate of drug-likeness (QED) is 0.715. The van der Waals surface area contributed by atoms with Gasteiger partial charge in [-0.05, 0) is 29.8 Å². The van der Waals surface area contributed by atoms with E-state index >= 15 is 0 Å². The number of nitrogens with zero attached hydrogens (tertiary/aromatic N) is 2. The topological polar surface area (TPSA) is 49.7 Å². The summed E-state index contributed by atoms with van der Waals surface area (Å²) in [6.07, 6.45) is 1.26. The highest BCUT2D eigenvalue weighted by Crippen LogP contribution is 2.39. The van der Waals surface area contributed by atoms with Gasteiger partial charge >= 0.3 is 0 Å². The van der Waals surface area contributed by atoms with Crippen LogP contribution in [0, 0.1) is 5.41 Å². The molecule has 0 bridgehead atoms. The minimum atomic E-state index is -0.557. The lowest BCUT2D eigenvalue weighted by Gasteiger charge is -2.26. The number of hydrogen-bond acceptors (Lipinski definition) is 3. The number of aliphatic imine (C=N–C) groups is 1. The van der Waals surface area contributed by atoms with Crippen molar-refractivity contribution in [1.82, 2.24) is 0 Å². The molecular weight excluding hydrogens is 383 g/mol. The monoisotopic (exact) mass is 402 g/mol. The zero-order valence-electron chi connectivity index (χ0n) is 15.4. The van der Waals surface area contributed by atoms with Crippen LogP contribution in [0.5, 0.6) is 0 Å². The fraction of sp³-hybridized carbons (Fsp3) is 0.286. The first-order chi connectivity index (χ1) is 12.7. The van der Waals surface area contributed by atoms with Crippen molar-refractivity contribution in [3.63, 3.8) is 0 Å². The molecule has 3 rings (SSSR count). The highest BCUT2D eigenvalue weighted by molar-refractivity contribution is 6.35. The Kier molecular flexibility index (Phi) is 5.41. The van der Waals surface area contributed by atoms with Crippen LogP contribution in [0.2, 0.25) is 10.0 Å². The number of carbonyl (C=O) groups is 2. The van der Waals surface area contributed by atoms with E-state index in [0.29, 0.717) is 15.7 Å². The minimum Gasteiger partial charge on any atom is -0.300 e. The second-order valence-electron chi connectivity index (χ2n) is 7.50. The van der Waals surface area contributed by atoms with Crippen molar-refractivity contribution in [2.24, 2.45) is 10.4 Å². The van der Waals surface area contributed by atoms with Crippen LogP contribution < -0.4 is 4.90 Å². The summed E-state index contributed by atoms with van der Waals surface area (Å²) < 4.78 is 0. The Morgan fingerprint density at radius 3 is 2.48 bits per heavy atom. The van der Waals surface area contributed by atoms with Gasteiger partial charge < -0.3 is 0 Å². The van der Waals surface area contributed by atoms with E-state index in [4.69, 9.17) is 23.2 Å². The van der Waals surface area contributed by atoms with Gasteiger partial charge in [0, 0.05) is 21.0 Å². The van der Waals surface area contributed by atoms with Crippen LogP contribution in [0.15, 0.2) is 47.5 Å². The number of halogens is 2. The van der Waals surface area contributed by atoms with Gasteiger partial charge in [-0.15, -0.1) is 0 Å². The summed E-state index contributed by atoms with van der Waals surface area (Å²) in [5.41, 5.74) is 1.57. The standard InChI is InChI=1S/C21H20Cl2N2O2/c1-21(2,3)18(26)12-25-17-9-8-13(22)10-15(17)20(24-11-19(25)27)14-6-4-5-7-16(14)23/h4-11,20H,12H2,1-3H3. The predicted molar refractivity (Wildman–Crippen MR) is 110 cm³/mol. The molecule has 0 aromatic heterocycles. The average Bonchev–Trinajstić information content (AvgIpc) is 2.72. The molecule has 2 aromatic rings. The molecule has 0 spiro atoms. The predicted octanol–water partition coefficient (Wildman–Crippen LogP) is 5.12. The number of anilines is 1. The van der Waals surface area contributed by atoms with Gasteiger partial charge in [0.25, 0.3) is 5.91 Å². The number of carbonyl (C=O) groups excluding carboxylic acids is 2. The Morgan fingerprint density at radius 1 is 1.11 bits per heavy atom. The van der Waals surface area contributed by atoms with E-state index in [-0.39, 0.29) is 18.2 Å². The largest absolute Gasteiger partial charge is 0.300 e. The summed E-state index contributed by atoms with van der Waals surface area (Å²) >= 11 is 12.6. The Bertz CT molecular complexity index is 932. The van der Waals surface area contributed by atoms with Gasteiger partial charge in [0.2, 0.25) is 0 Å². The van der Waals surface area contributed by atoms with E-state index in [1.807, 2.05) is 39.0 Å². The highest BCUT2D eigenvalue weighted by Gasteiger charge is 2.31. The summed E-state index contributed by atoms with van der Waals surface area (Å²) in [4.78, 5) is 31.3. The molecule has 1 aliphatic rings. The van der Waals surface area contributed by atoms with Crippen molar-refractivity contribution in [1.29, 1.82) is 0 Å². The van der Waals surface area contributed by atoms with Crippen LogP contribution >= 0.6 is 23.2 Å². The van der Waals surface area contributed by atoms with Gasteiger partial charge in [-0.1, -0.05) is 62.2 Å². The number of fused-ring (bicyclic) bond motifs is 1. The maximum absolute atomic E-state index is 12.7. The molecule has 1 atom stereocenters. The third-order valence-electron chi connectivity index (χ3n) is 4.51. The first-order valence-electron chi connectivity index (χ1n) is 8.60. The lowest BCUT2D eigenvalue weighted by atomic mass is 9.90. The molecule has 1 amide bonds. The third-order valence-corrected chi connectivity index (χ3v) is 5.09. The first-order valence-corrected chi connectivity index (χ1v) is 9.36. The normalized spacial score (nSPS) is 16.9. The molecule has 0 fully saturated rings. The molecule has 1 aliphatic heterocycles. The summed E-state index contributed by atoms with van der Waals surface area (Å²) in [7, 11) is 0. The van der Waals surface area contributed by atoms with Crippen molar-refractivity contribution in [3.05, 3.63) is 63.6 Å². The lowest BCUT2D eigenvalue weighted by molar-refractivity contribution is -0.126. The van der Waals surface area contributed by atoms with E-state index < -0.39 is 11.5 Å². The Morgan fingerprint density at radius 2 is 1.81 bits per heavy atom. The molecule has 1 heterocycles. The molecule has 4 nitrogen and oxygen atoms in total. The molecule has 1 unspecified atom stereocenters. The van der Waals surface area contributed by atoms with Crippen LogP contribution in [0.3, 0.4) is 0 Å². The van der Waals surface area contributed by atoms with Crippen LogP contribution in [0.25, 0.3) is 0 Å². The van der Waals surface area contributed by atoms with E-state index in [9.17, 15) is 9.59 Å². The number of Topliss-reactive ketones (excluding diaryl/α,β-unsaturated/α-hetero) is 1. The molecular formula is C21H20Cl2N2O2. The molecule has 27 heavy (non-hydrogen) atoms. The Balaban J connectivity index is 2.14. The average molecular weight is 403 g/mol. The molecule has 0 saturated heterocycles. The van der Waals surface area contributed by atoms with Gasteiger partial charge in [0.15, 0.2) is 5.78 Å². The second-order valence-corrected chi connectivity index (χ2v) is 8.35. The van der Waals surface area contributed by atoms with Gasteiger partial charge in [0.1, 0.15) is 6.04 Å². The van der Waals surface area contributed by atoms with Crippen molar-refractivity contribution in [2.45, 2.75) is 26.8 Å². The zero-order chi connectivity index (χ0) is 19.8. The molecule has 2 aromatic carbocycles. The lowest BCUT2D eigenvalue weighted by Crippen LogP contribution is -2.40. The van der Waals surface area contributed by atoms with Crippen molar-refractivity contribution in [3.8, 4) is 0 Å². The number of amides is 1. The highest BCUT2D eigenvalue weighted by atomic mass is 35.5. The van der Waals surface area contributed by atoms with Crippen molar-refractivity contribution >= 4 is 46.8 Å².